The molecule has 0 saturated heterocycles. The van der Waals surface area contributed by atoms with Crippen molar-refractivity contribution >= 4 is 0 Å². The Balaban J connectivity index is 1.53. The van der Waals surface area contributed by atoms with Gasteiger partial charge in [0, 0.05) is 11.8 Å². The fraction of sp³-hybridized carbons (Fsp3) is 0.304. The minimum Gasteiger partial charge on any atom is -0.254 e. The van der Waals surface area contributed by atoms with Crippen molar-refractivity contribution in [1.82, 2.24) is 9.97 Å². The lowest BCUT2D eigenvalue weighted by molar-refractivity contribution is 0.0183. The van der Waals surface area contributed by atoms with Crippen LogP contribution in [0.15, 0.2) is 60.8 Å². The molecule has 0 aliphatic heterocycles. The smallest absolute Gasteiger partial charge is 0.0893 e. The van der Waals surface area contributed by atoms with Crippen molar-refractivity contribution in [3.63, 3.8) is 0 Å². The van der Waals surface area contributed by atoms with Gasteiger partial charge in [-0.3, -0.25) is 4.98 Å². The Kier molecular flexibility index (Phi) is 3.12. The van der Waals surface area contributed by atoms with Crippen LogP contribution >= 0.6 is 0 Å². The van der Waals surface area contributed by atoms with Gasteiger partial charge < -0.3 is 0 Å². The summed E-state index contributed by atoms with van der Waals surface area (Å²) in [6, 6.07) is 18.8. The molecule has 2 heteroatoms. The quantitative estimate of drug-likeness (QED) is 0.622. The van der Waals surface area contributed by atoms with Gasteiger partial charge >= 0.3 is 0 Å². The molecule has 25 heavy (non-hydrogen) atoms. The third-order valence-corrected chi connectivity index (χ3v) is 6.42. The summed E-state index contributed by atoms with van der Waals surface area (Å²) < 4.78 is 0. The molecule has 0 amide bonds. The predicted molar refractivity (Wildman–Crippen MR) is 101 cm³/mol. The van der Waals surface area contributed by atoms with Gasteiger partial charge in [0.2, 0.25) is 0 Å². The van der Waals surface area contributed by atoms with Gasteiger partial charge in [0.1, 0.15) is 0 Å². The standard InChI is InChI=1S/C23H22N2/c1-23(2)17-11-16-12-22(24-14-18(16)19(23)13-17)21-10-6-9-20(25-21)15-7-4-3-5-8-15/h3-10,12,14,17,19H,11,13H2,1-2H3/t17-,19+/m0/s1. The lowest BCUT2D eigenvalue weighted by atomic mass is 9.47. The molecule has 0 unspecified atom stereocenters. The largest absolute Gasteiger partial charge is 0.254 e. The Morgan fingerprint density at radius 1 is 0.920 bits per heavy atom. The number of hydrogen-bond acceptors (Lipinski definition) is 2. The zero-order valence-corrected chi connectivity index (χ0v) is 14.7. The summed E-state index contributed by atoms with van der Waals surface area (Å²) in [5.41, 5.74) is 7.50. The maximum absolute atomic E-state index is 4.86. The highest BCUT2D eigenvalue weighted by molar-refractivity contribution is 5.65. The summed E-state index contributed by atoms with van der Waals surface area (Å²) in [6.07, 6.45) is 4.64. The van der Waals surface area contributed by atoms with Crippen LogP contribution in [0.1, 0.15) is 37.3 Å². The molecule has 0 N–H and O–H groups in total. The number of nitrogens with zero attached hydrogens (tertiary/aromatic N) is 2. The number of rotatable bonds is 2. The SMILES string of the molecule is CC1(C)[C@H]2Cc3cc(-c4cccc(-c5ccccc5)n4)ncc3[C@H]1C2. The van der Waals surface area contributed by atoms with Gasteiger partial charge in [-0.25, -0.2) is 4.98 Å². The molecule has 3 aromatic rings. The van der Waals surface area contributed by atoms with Crippen LogP contribution in [0.2, 0.25) is 0 Å². The van der Waals surface area contributed by atoms with Crippen LogP contribution in [-0.2, 0) is 6.42 Å². The normalized spacial score (nSPS) is 22.8. The van der Waals surface area contributed by atoms with Gasteiger partial charge in [-0.1, -0.05) is 50.2 Å². The summed E-state index contributed by atoms with van der Waals surface area (Å²) in [7, 11) is 0. The Labute approximate surface area is 149 Å². The molecule has 3 aliphatic carbocycles. The molecule has 124 valence electrons. The van der Waals surface area contributed by atoms with Crippen molar-refractivity contribution < 1.29 is 0 Å². The molecular formula is C23H22N2. The van der Waals surface area contributed by atoms with E-state index in [2.05, 4.69) is 68.6 Å². The molecule has 2 atom stereocenters. The molecule has 3 aliphatic rings. The van der Waals surface area contributed by atoms with Crippen LogP contribution in [0.3, 0.4) is 0 Å². The van der Waals surface area contributed by atoms with E-state index >= 15 is 0 Å². The number of aromatic nitrogens is 2. The van der Waals surface area contributed by atoms with Crippen LogP contribution in [-0.4, -0.2) is 9.97 Å². The Morgan fingerprint density at radius 2 is 1.72 bits per heavy atom. The van der Waals surface area contributed by atoms with E-state index in [0.717, 1.165) is 28.6 Å². The first kappa shape index (κ1) is 14.8. The zero-order chi connectivity index (χ0) is 17.0. The number of benzene rings is 1. The van der Waals surface area contributed by atoms with Gasteiger partial charge in [-0.05, 0) is 59.4 Å². The maximum Gasteiger partial charge on any atom is 0.0893 e. The maximum atomic E-state index is 4.86. The van der Waals surface area contributed by atoms with Crippen molar-refractivity contribution in [3.8, 4) is 22.6 Å². The Morgan fingerprint density at radius 3 is 2.52 bits per heavy atom. The molecule has 2 aromatic heterocycles. The third kappa shape index (κ3) is 2.24. The van der Waals surface area contributed by atoms with E-state index in [1.54, 1.807) is 0 Å². The van der Waals surface area contributed by atoms with Crippen molar-refractivity contribution in [2.24, 2.45) is 11.3 Å². The first-order valence-corrected chi connectivity index (χ1v) is 9.14. The lowest BCUT2D eigenvalue weighted by Crippen LogP contribution is -2.48. The fourth-order valence-electron chi connectivity index (χ4n) is 4.64. The zero-order valence-electron chi connectivity index (χ0n) is 14.7. The molecule has 0 radical (unpaired) electrons. The highest BCUT2D eigenvalue weighted by Gasteiger charge is 2.52. The summed E-state index contributed by atoms with van der Waals surface area (Å²) in [5, 5.41) is 0. The fourth-order valence-corrected chi connectivity index (χ4v) is 4.64. The van der Waals surface area contributed by atoms with Crippen LogP contribution in [0.4, 0.5) is 0 Å². The second-order valence-electron chi connectivity index (χ2n) is 8.05. The summed E-state index contributed by atoms with van der Waals surface area (Å²) in [6.45, 7) is 4.82. The Bertz CT molecular complexity index is 943. The lowest BCUT2D eigenvalue weighted by Gasteiger charge is -2.57. The van der Waals surface area contributed by atoms with E-state index in [0.29, 0.717) is 11.3 Å². The van der Waals surface area contributed by atoms with Crippen LogP contribution in [0.5, 0.6) is 0 Å². The van der Waals surface area contributed by atoms with E-state index in [4.69, 9.17) is 9.97 Å². The molecule has 2 bridgehead atoms. The van der Waals surface area contributed by atoms with Gasteiger partial charge in [-0.2, -0.15) is 0 Å². The molecule has 1 saturated carbocycles. The molecular weight excluding hydrogens is 304 g/mol. The van der Waals surface area contributed by atoms with Crippen molar-refractivity contribution in [3.05, 3.63) is 71.9 Å². The van der Waals surface area contributed by atoms with Gasteiger partial charge in [0.25, 0.3) is 0 Å². The first-order chi connectivity index (χ1) is 12.1. The number of pyridine rings is 2. The van der Waals surface area contributed by atoms with Gasteiger partial charge in [0.15, 0.2) is 0 Å². The minimum atomic E-state index is 0.446. The number of hydrogen-bond donors (Lipinski definition) is 0. The van der Waals surface area contributed by atoms with E-state index in [-0.39, 0.29) is 0 Å². The summed E-state index contributed by atoms with van der Waals surface area (Å²) in [4.78, 5) is 9.63. The predicted octanol–water partition coefficient (Wildman–Crippen LogP) is 5.50. The third-order valence-electron chi connectivity index (χ3n) is 6.42. The summed E-state index contributed by atoms with van der Waals surface area (Å²) in [5.74, 6) is 1.51. The highest BCUT2D eigenvalue weighted by Crippen LogP contribution is 2.62. The Hall–Kier alpha value is -2.48. The van der Waals surface area contributed by atoms with E-state index in [1.807, 2.05) is 6.07 Å². The van der Waals surface area contributed by atoms with Crippen LogP contribution < -0.4 is 0 Å². The van der Waals surface area contributed by atoms with E-state index in [1.165, 1.54) is 24.0 Å². The molecule has 2 nitrogen and oxygen atoms in total. The van der Waals surface area contributed by atoms with Gasteiger partial charge in [0.05, 0.1) is 17.1 Å². The van der Waals surface area contributed by atoms with Crippen molar-refractivity contribution in [2.75, 3.05) is 0 Å². The molecule has 1 fully saturated rings. The molecule has 2 heterocycles. The van der Waals surface area contributed by atoms with Crippen LogP contribution in [0, 0.1) is 11.3 Å². The van der Waals surface area contributed by atoms with Crippen molar-refractivity contribution in [2.45, 2.75) is 32.6 Å². The average Bonchev–Trinajstić information content (AvgIpc) is 2.67. The highest BCUT2D eigenvalue weighted by atomic mass is 14.8. The topological polar surface area (TPSA) is 25.8 Å². The van der Waals surface area contributed by atoms with E-state index < -0.39 is 0 Å². The molecule has 0 spiro atoms. The average molecular weight is 326 g/mol. The molecule has 1 aromatic carbocycles. The van der Waals surface area contributed by atoms with Gasteiger partial charge in [-0.15, -0.1) is 0 Å². The first-order valence-electron chi connectivity index (χ1n) is 9.14. The van der Waals surface area contributed by atoms with Crippen LogP contribution in [0.25, 0.3) is 22.6 Å². The summed E-state index contributed by atoms with van der Waals surface area (Å²) >= 11 is 0. The minimum absolute atomic E-state index is 0.446. The monoisotopic (exact) mass is 326 g/mol. The second-order valence-corrected chi connectivity index (χ2v) is 8.05. The molecule has 6 rings (SSSR count). The van der Waals surface area contributed by atoms with Crippen molar-refractivity contribution in [1.29, 1.82) is 0 Å². The second kappa shape index (κ2) is 5.26. The van der Waals surface area contributed by atoms with E-state index in [9.17, 15) is 0 Å².